The van der Waals surface area contributed by atoms with Crippen LogP contribution >= 0.6 is 0 Å². The Balaban J connectivity index is 0.00000176. The average Bonchev–Trinajstić information content (AvgIpc) is 3.10. The quantitative estimate of drug-likeness (QED) is 0.428. The second-order valence-electron chi connectivity index (χ2n) is 5.89. The fourth-order valence-electron chi connectivity index (χ4n) is 3.44. The predicted molar refractivity (Wildman–Crippen MR) is 91.0 cm³/mol. The number of benzene rings is 1. The summed E-state index contributed by atoms with van der Waals surface area (Å²) in [5.74, 6) is 0.474. The van der Waals surface area contributed by atoms with Crippen molar-refractivity contribution in [3.63, 3.8) is 0 Å². The van der Waals surface area contributed by atoms with Crippen molar-refractivity contribution in [2.75, 3.05) is 0 Å². The summed E-state index contributed by atoms with van der Waals surface area (Å²) in [4.78, 5) is 0. The van der Waals surface area contributed by atoms with Gasteiger partial charge in [-0.15, -0.1) is 18.6 Å². The van der Waals surface area contributed by atoms with Crippen molar-refractivity contribution in [3.05, 3.63) is 76.9 Å². The van der Waals surface area contributed by atoms with Crippen LogP contribution in [0, 0.1) is 6.08 Å². The first-order valence-electron chi connectivity index (χ1n) is 8.07. The van der Waals surface area contributed by atoms with E-state index in [2.05, 4.69) is 62.1 Å². The zero-order valence-electron chi connectivity index (χ0n) is 13.4. The molecule has 1 aromatic rings. The standard InChI is InChI=1S/C21H23.Zr/c1-3-5-10-16-12-8-14-18(16)21-15-17-11-6-7-13-19(17)20(21)9-4-2;/h4,6-7,11,13-15,20H,2-3,5,8-10H2,1H3;/q-1;. The minimum Gasteiger partial charge on any atom is -0.269 e. The molecule has 2 aliphatic carbocycles. The van der Waals surface area contributed by atoms with Crippen molar-refractivity contribution in [1.82, 2.24) is 0 Å². The van der Waals surface area contributed by atoms with Gasteiger partial charge in [0.05, 0.1) is 0 Å². The Labute approximate surface area is 153 Å². The van der Waals surface area contributed by atoms with E-state index in [0.29, 0.717) is 5.92 Å². The smallest absolute Gasteiger partial charge is 0 e. The average molecular weight is 367 g/mol. The van der Waals surface area contributed by atoms with Crippen molar-refractivity contribution in [2.24, 2.45) is 0 Å². The monoisotopic (exact) mass is 365 g/mol. The van der Waals surface area contributed by atoms with Crippen LogP contribution in [-0.4, -0.2) is 0 Å². The van der Waals surface area contributed by atoms with Crippen LogP contribution < -0.4 is 0 Å². The Morgan fingerprint density at radius 1 is 1.32 bits per heavy atom. The minimum atomic E-state index is 0. The molecule has 0 aromatic heterocycles. The van der Waals surface area contributed by atoms with Crippen molar-refractivity contribution < 1.29 is 26.2 Å². The molecule has 1 aromatic carbocycles. The molecule has 1 unspecified atom stereocenters. The molecule has 1 atom stereocenters. The van der Waals surface area contributed by atoms with Gasteiger partial charge < -0.3 is 0 Å². The normalized spacial score (nSPS) is 19.0. The van der Waals surface area contributed by atoms with Crippen molar-refractivity contribution in [2.45, 2.75) is 44.9 Å². The Kier molecular flexibility index (Phi) is 6.39. The maximum absolute atomic E-state index is 3.96. The van der Waals surface area contributed by atoms with Gasteiger partial charge >= 0.3 is 0 Å². The molecule has 2 aliphatic rings. The molecule has 22 heavy (non-hydrogen) atoms. The van der Waals surface area contributed by atoms with E-state index in [0.717, 1.165) is 19.3 Å². The summed E-state index contributed by atoms with van der Waals surface area (Å²) in [7, 11) is 0. The zero-order valence-corrected chi connectivity index (χ0v) is 15.8. The van der Waals surface area contributed by atoms with Crippen LogP contribution in [0.4, 0.5) is 0 Å². The van der Waals surface area contributed by atoms with Crippen LogP contribution in [-0.2, 0) is 26.2 Å². The van der Waals surface area contributed by atoms with Crippen LogP contribution in [0.1, 0.15) is 56.1 Å². The van der Waals surface area contributed by atoms with E-state index in [4.69, 9.17) is 0 Å². The molecule has 0 aliphatic heterocycles. The van der Waals surface area contributed by atoms with E-state index < -0.39 is 0 Å². The van der Waals surface area contributed by atoms with Crippen molar-refractivity contribution in [1.29, 1.82) is 0 Å². The van der Waals surface area contributed by atoms with Crippen LogP contribution in [0.15, 0.2) is 59.7 Å². The first kappa shape index (κ1) is 17.4. The molecule has 112 valence electrons. The molecule has 3 rings (SSSR count). The fraction of sp³-hybridized carbons (Fsp3) is 0.333. The van der Waals surface area contributed by atoms with Gasteiger partial charge in [0.2, 0.25) is 0 Å². The van der Waals surface area contributed by atoms with Crippen LogP contribution in [0.3, 0.4) is 0 Å². The van der Waals surface area contributed by atoms with E-state index in [1.807, 2.05) is 0 Å². The largest absolute Gasteiger partial charge is 0.269 e. The number of rotatable bonds is 6. The Morgan fingerprint density at radius 2 is 2.14 bits per heavy atom. The van der Waals surface area contributed by atoms with Crippen molar-refractivity contribution >= 4 is 6.08 Å². The van der Waals surface area contributed by atoms with E-state index in [1.54, 1.807) is 0 Å². The third-order valence-electron chi connectivity index (χ3n) is 4.50. The molecule has 0 spiro atoms. The molecule has 1 heteroatoms. The Hall–Kier alpha value is -0.937. The molecule has 0 radical (unpaired) electrons. The molecule has 0 fully saturated rings. The zero-order chi connectivity index (χ0) is 14.7. The molecule has 0 heterocycles. The fourth-order valence-corrected chi connectivity index (χ4v) is 3.44. The first-order chi connectivity index (χ1) is 10.3. The number of hydrogen-bond acceptors (Lipinski definition) is 0. The molecule has 0 saturated carbocycles. The maximum atomic E-state index is 3.96. The van der Waals surface area contributed by atoms with E-state index in [9.17, 15) is 0 Å². The molecular formula is C21H23Zr-. The molecular weight excluding hydrogens is 343 g/mol. The van der Waals surface area contributed by atoms with Gasteiger partial charge in [0.25, 0.3) is 0 Å². The van der Waals surface area contributed by atoms with Crippen molar-refractivity contribution in [3.8, 4) is 0 Å². The minimum absolute atomic E-state index is 0. The summed E-state index contributed by atoms with van der Waals surface area (Å²) in [5.41, 5.74) is 7.20. The van der Waals surface area contributed by atoms with Gasteiger partial charge in [-0.05, 0) is 23.5 Å². The molecule has 0 bridgehead atoms. The summed E-state index contributed by atoms with van der Waals surface area (Å²) in [5, 5.41) is 0. The maximum Gasteiger partial charge on any atom is 0 e. The van der Waals surface area contributed by atoms with Gasteiger partial charge in [-0.25, -0.2) is 5.57 Å². The molecule has 0 amide bonds. The predicted octanol–water partition coefficient (Wildman–Crippen LogP) is 5.99. The summed E-state index contributed by atoms with van der Waals surface area (Å²) >= 11 is 0. The van der Waals surface area contributed by atoms with Gasteiger partial charge in [-0.1, -0.05) is 62.6 Å². The third-order valence-corrected chi connectivity index (χ3v) is 4.50. The second kappa shape index (κ2) is 8.07. The van der Waals surface area contributed by atoms with E-state index in [1.165, 1.54) is 40.7 Å². The molecule has 0 saturated heterocycles. The summed E-state index contributed by atoms with van der Waals surface area (Å²) in [6.07, 6.45) is 16.0. The Morgan fingerprint density at radius 3 is 2.91 bits per heavy atom. The van der Waals surface area contributed by atoms with Crippen LogP contribution in [0.5, 0.6) is 0 Å². The second-order valence-corrected chi connectivity index (χ2v) is 5.89. The van der Waals surface area contributed by atoms with E-state index >= 15 is 0 Å². The SMILES string of the molecule is C=CCC1C(C2=CC[C-]=C2CCCC)=Cc2ccccc21.[Zr]. The summed E-state index contributed by atoms with van der Waals surface area (Å²) < 4.78 is 0. The van der Waals surface area contributed by atoms with Crippen LogP contribution in [0.2, 0.25) is 0 Å². The van der Waals surface area contributed by atoms with Gasteiger partial charge in [0.1, 0.15) is 0 Å². The van der Waals surface area contributed by atoms with Gasteiger partial charge in [-0.2, -0.15) is 11.6 Å². The van der Waals surface area contributed by atoms with Gasteiger partial charge in [0.15, 0.2) is 0 Å². The Bertz CT molecular complexity index is 631. The third kappa shape index (κ3) is 3.35. The number of allylic oxidation sites excluding steroid dienone is 6. The summed E-state index contributed by atoms with van der Waals surface area (Å²) in [6, 6.07) is 8.77. The number of unbranched alkanes of at least 4 members (excludes halogenated alkanes) is 1. The van der Waals surface area contributed by atoms with Gasteiger partial charge in [0, 0.05) is 26.2 Å². The van der Waals surface area contributed by atoms with Gasteiger partial charge in [-0.3, -0.25) is 6.08 Å². The van der Waals surface area contributed by atoms with Crippen LogP contribution in [0.25, 0.3) is 6.08 Å². The van der Waals surface area contributed by atoms with E-state index in [-0.39, 0.29) is 26.2 Å². The molecule has 0 nitrogen and oxygen atoms in total. The number of hydrogen-bond donors (Lipinski definition) is 0. The summed E-state index contributed by atoms with van der Waals surface area (Å²) in [6.45, 7) is 6.21. The molecule has 0 N–H and O–H groups in total. The first-order valence-corrected chi connectivity index (χ1v) is 8.07. The topological polar surface area (TPSA) is 0 Å². The number of fused-ring (bicyclic) bond motifs is 1.